The van der Waals surface area contributed by atoms with E-state index in [2.05, 4.69) is 10.4 Å². The van der Waals surface area contributed by atoms with Gasteiger partial charge >= 0.3 is 0 Å². The molecule has 5 nitrogen and oxygen atoms in total. The molecule has 0 spiro atoms. The highest BCUT2D eigenvalue weighted by Crippen LogP contribution is 1.99. The van der Waals surface area contributed by atoms with Crippen molar-refractivity contribution >= 4 is 5.91 Å². The summed E-state index contributed by atoms with van der Waals surface area (Å²) in [6, 6.07) is 0.0918. The standard InChI is InChI=1S/C11H19N3O2/c1-4-10(8-16-3)13-11(15)5-9-6-12-14(2)7-9/h6-7,10H,4-5,8H2,1-3H3,(H,13,15). The van der Waals surface area contributed by atoms with E-state index in [1.807, 2.05) is 20.2 Å². The molecule has 1 heterocycles. The Morgan fingerprint density at radius 1 is 1.69 bits per heavy atom. The first-order valence-corrected chi connectivity index (χ1v) is 5.41. The number of methoxy groups -OCH3 is 1. The van der Waals surface area contributed by atoms with Gasteiger partial charge in [-0.15, -0.1) is 0 Å². The minimum atomic E-state index is 0.0110. The third-order valence-corrected chi connectivity index (χ3v) is 2.35. The van der Waals surface area contributed by atoms with Crippen LogP contribution in [-0.2, 0) is 23.0 Å². The van der Waals surface area contributed by atoms with Gasteiger partial charge < -0.3 is 10.1 Å². The highest BCUT2D eigenvalue weighted by Gasteiger charge is 2.11. The molecule has 1 rings (SSSR count). The number of nitrogens with one attached hydrogen (secondary N) is 1. The highest BCUT2D eigenvalue weighted by molar-refractivity contribution is 5.78. The van der Waals surface area contributed by atoms with Crippen molar-refractivity contribution in [2.24, 2.45) is 7.05 Å². The van der Waals surface area contributed by atoms with Gasteiger partial charge in [0.25, 0.3) is 0 Å². The fraction of sp³-hybridized carbons (Fsp3) is 0.636. The highest BCUT2D eigenvalue weighted by atomic mass is 16.5. The van der Waals surface area contributed by atoms with Crippen molar-refractivity contribution in [1.29, 1.82) is 0 Å². The summed E-state index contributed by atoms with van der Waals surface area (Å²) in [5.41, 5.74) is 0.923. The van der Waals surface area contributed by atoms with E-state index in [-0.39, 0.29) is 11.9 Å². The number of hydrogen-bond acceptors (Lipinski definition) is 3. The SMILES string of the molecule is CCC(COC)NC(=O)Cc1cnn(C)c1. The second kappa shape index (κ2) is 6.27. The Morgan fingerprint density at radius 2 is 2.44 bits per heavy atom. The van der Waals surface area contributed by atoms with Gasteiger partial charge in [-0.3, -0.25) is 9.48 Å². The van der Waals surface area contributed by atoms with E-state index >= 15 is 0 Å². The van der Waals surface area contributed by atoms with Crippen molar-refractivity contribution in [3.63, 3.8) is 0 Å². The summed E-state index contributed by atoms with van der Waals surface area (Å²) in [5.74, 6) is 0.0110. The summed E-state index contributed by atoms with van der Waals surface area (Å²) in [6.45, 7) is 2.57. The number of nitrogens with zero attached hydrogens (tertiary/aromatic N) is 2. The molecule has 1 N–H and O–H groups in total. The van der Waals surface area contributed by atoms with Crippen LogP contribution in [0.25, 0.3) is 0 Å². The first-order valence-electron chi connectivity index (χ1n) is 5.41. The second-order valence-electron chi connectivity index (χ2n) is 3.83. The minimum Gasteiger partial charge on any atom is -0.383 e. The Kier molecular flexibility index (Phi) is 4.98. The molecule has 90 valence electrons. The molecule has 0 radical (unpaired) electrons. The van der Waals surface area contributed by atoms with E-state index in [0.717, 1.165) is 12.0 Å². The van der Waals surface area contributed by atoms with Gasteiger partial charge in [0.2, 0.25) is 5.91 Å². The number of carbonyl (C=O) groups excluding carboxylic acids is 1. The maximum Gasteiger partial charge on any atom is 0.224 e. The van der Waals surface area contributed by atoms with Crippen LogP contribution in [0.15, 0.2) is 12.4 Å². The van der Waals surface area contributed by atoms with Crippen LogP contribution in [0.3, 0.4) is 0 Å². The molecule has 0 saturated heterocycles. The van der Waals surface area contributed by atoms with Crippen molar-refractivity contribution < 1.29 is 9.53 Å². The Labute approximate surface area is 95.8 Å². The molecule has 1 unspecified atom stereocenters. The second-order valence-corrected chi connectivity index (χ2v) is 3.83. The number of aromatic nitrogens is 2. The predicted octanol–water partition coefficient (Wildman–Crippen LogP) is 0.504. The lowest BCUT2D eigenvalue weighted by Gasteiger charge is -2.15. The van der Waals surface area contributed by atoms with Gasteiger partial charge in [0.1, 0.15) is 0 Å². The topological polar surface area (TPSA) is 56.1 Å². The number of hydrogen-bond donors (Lipinski definition) is 1. The van der Waals surface area contributed by atoms with Crippen molar-refractivity contribution in [3.05, 3.63) is 18.0 Å². The molecule has 0 aliphatic heterocycles. The van der Waals surface area contributed by atoms with Crippen LogP contribution in [0.5, 0.6) is 0 Å². The molecule has 1 atom stereocenters. The Morgan fingerprint density at radius 3 is 2.94 bits per heavy atom. The van der Waals surface area contributed by atoms with Gasteiger partial charge in [-0.1, -0.05) is 6.92 Å². The lowest BCUT2D eigenvalue weighted by molar-refractivity contribution is -0.121. The Balaban J connectivity index is 2.40. The first-order chi connectivity index (χ1) is 7.65. The van der Waals surface area contributed by atoms with E-state index in [4.69, 9.17) is 4.74 Å². The van der Waals surface area contributed by atoms with Gasteiger partial charge in [-0.05, 0) is 12.0 Å². The first kappa shape index (κ1) is 12.7. The monoisotopic (exact) mass is 225 g/mol. The zero-order chi connectivity index (χ0) is 12.0. The molecule has 1 aromatic rings. The summed E-state index contributed by atoms with van der Waals surface area (Å²) in [5, 5.41) is 6.94. The number of amides is 1. The van der Waals surface area contributed by atoms with Gasteiger partial charge in [0, 0.05) is 20.4 Å². The Hall–Kier alpha value is -1.36. The minimum absolute atomic E-state index is 0.0110. The number of rotatable bonds is 6. The number of carbonyl (C=O) groups is 1. The summed E-state index contributed by atoms with van der Waals surface area (Å²) < 4.78 is 6.71. The van der Waals surface area contributed by atoms with E-state index in [0.29, 0.717) is 13.0 Å². The van der Waals surface area contributed by atoms with Crippen LogP contribution in [0, 0.1) is 0 Å². The zero-order valence-corrected chi connectivity index (χ0v) is 10.1. The van der Waals surface area contributed by atoms with Crippen molar-refractivity contribution in [2.45, 2.75) is 25.8 Å². The van der Waals surface area contributed by atoms with Crippen LogP contribution < -0.4 is 5.32 Å². The summed E-state index contributed by atoms with van der Waals surface area (Å²) in [7, 11) is 3.47. The van der Waals surface area contributed by atoms with E-state index < -0.39 is 0 Å². The quantitative estimate of drug-likeness (QED) is 0.767. The fourth-order valence-electron chi connectivity index (χ4n) is 1.49. The molecule has 1 aromatic heterocycles. The average Bonchev–Trinajstić information content (AvgIpc) is 2.63. The van der Waals surface area contributed by atoms with E-state index in [1.54, 1.807) is 18.0 Å². The van der Waals surface area contributed by atoms with Crippen LogP contribution in [-0.4, -0.2) is 35.4 Å². The van der Waals surface area contributed by atoms with Crippen LogP contribution >= 0.6 is 0 Å². The number of aryl methyl sites for hydroxylation is 1. The van der Waals surface area contributed by atoms with E-state index in [9.17, 15) is 4.79 Å². The van der Waals surface area contributed by atoms with Gasteiger partial charge in [-0.2, -0.15) is 5.10 Å². The maximum absolute atomic E-state index is 11.7. The summed E-state index contributed by atoms with van der Waals surface area (Å²) in [6.07, 6.45) is 4.79. The molecule has 0 fully saturated rings. The largest absolute Gasteiger partial charge is 0.383 e. The molecule has 0 saturated carbocycles. The smallest absolute Gasteiger partial charge is 0.224 e. The van der Waals surface area contributed by atoms with Crippen molar-refractivity contribution in [3.8, 4) is 0 Å². The van der Waals surface area contributed by atoms with Crippen molar-refractivity contribution in [2.75, 3.05) is 13.7 Å². The third-order valence-electron chi connectivity index (χ3n) is 2.35. The Bertz CT molecular complexity index is 336. The normalized spacial score (nSPS) is 12.4. The molecular weight excluding hydrogens is 206 g/mol. The molecule has 0 aliphatic rings. The number of ether oxygens (including phenoxy) is 1. The molecule has 5 heteroatoms. The lowest BCUT2D eigenvalue weighted by atomic mass is 10.2. The van der Waals surface area contributed by atoms with Gasteiger partial charge in [-0.25, -0.2) is 0 Å². The lowest BCUT2D eigenvalue weighted by Crippen LogP contribution is -2.38. The molecular formula is C11H19N3O2. The van der Waals surface area contributed by atoms with Crippen LogP contribution in [0.4, 0.5) is 0 Å². The summed E-state index contributed by atoms with van der Waals surface area (Å²) in [4.78, 5) is 11.7. The van der Waals surface area contributed by atoms with Gasteiger partial charge in [0.15, 0.2) is 0 Å². The average molecular weight is 225 g/mol. The predicted molar refractivity (Wildman–Crippen MR) is 61.0 cm³/mol. The molecule has 0 bridgehead atoms. The third kappa shape index (κ3) is 4.02. The van der Waals surface area contributed by atoms with Gasteiger partial charge in [0.05, 0.1) is 25.3 Å². The van der Waals surface area contributed by atoms with Crippen molar-refractivity contribution in [1.82, 2.24) is 15.1 Å². The molecule has 0 aromatic carbocycles. The van der Waals surface area contributed by atoms with E-state index in [1.165, 1.54) is 0 Å². The fourth-order valence-corrected chi connectivity index (χ4v) is 1.49. The molecule has 16 heavy (non-hydrogen) atoms. The maximum atomic E-state index is 11.7. The summed E-state index contributed by atoms with van der Waals surface area (Å²) >= 11 is 0. The van der Waals surface area contributed by atoms with Crippen LogP contribution in [0.2, 0.25) is 0 Å². The zero-order valence-electron chi connectivity index (χ0n) is 10.1. The van der Waals surface area contributed by atoms with Crippen LogP contribution in [0.1, 0.15) is 18.9 Å². The molecule has 0 aliphatic carbocycles. The molecule has 1 amide bonds.